The summed E-state index contributed by atoms with van der Waals surface area (Å²) in [6, 6.07) is 0. The minimum absolute atomic E-state index is 0.0142. The number of rotatable bonds is 3. The Morgan fingerprint density at radius 1 is 1.27 bits per heavy atom. The smallest absolute Gasteiger partial charge is 0.307 e. The van der Waals surface area contributed by atoms with Crippen molar-refractivity contribution in [2.24, 2.45) is 23.7 Å². The minimum atomic E-state index is -0.883. The summed E-state index contributed by atoms with van der Waals surface area (Å²) >= 11 is 1.38. The van der Waals surface area contributed by atoms with Crippen LogP contribution in [0.4, 0.5) is 5.13 Å². The Morgan fingerprint density at radius 2 is 1.91 bits per heavy atom. The molecule has 0 saturated heterocycles. The molecule has 4 atom stereocenters. The first-order valence-corrected chi connectivity index (χ1v) is 8.33. The first-order valence-electron chi connectivity index (χ1n) is 7.45. The van der Waals surface area contributed by atoms with Crippen LogP contribution in [0.1, 0.15) is 32.9 Å². The van der Waals surface area contributed by atoms with Gasteiger partial charge in [-0.15, -0.1) is 11.3 Å². The van der Waals surface area contributed by atoms with Gasteiger partial charge in [-0.05, 0) is 18.3 Å². The average molecular weight is 320 g/mol. The van der Waals surface area contributed by atoms with Crippen LogP contribution in [0.25, 0.3) is 0 Å². The third-order valence-corrected chi connectivity index (χ3v) is 5.31. The molecule has 2 aliphatic carbocycles. The summed E-state index contributed by atoms with van der Waals surface area (Å²) in [5, 5.41) is 14.7. The zero-order chi connectivity index (χ0) is 16.1. The highest BCUT2D eigenvalue weighted by molar-refractivity contribution is 7.13. The Bertz CT molecular complexity index is 644. The number of anilines is 1. The molecule has 0 aliphatic heterocycles. The van der Waals surface area contributed by atoms with E-state index in [9.17, 15) is 14.7 Å². The highest BCUT2D eigenvalue weighted by atomic mass is 32.1. The number of hydrogen-bond acceptors (Lipinski definition) is 4. The third kappa shape index (κ3) is 2.56. The molecule has 6 heteroatoms. The first kappa shape index (κ1) is 15.2. The predicted molar refractivity (Wildman–Crippen MR) is 84.8 cm³/mol. The molecule has 1 aromatic rings. The van der Waals surface area contributed by atoms with Crippen LogP contribution in [-0.4, -0.2) is 22.0 Å². The Kier molecular flexibility index (Phi) is 3.59. The number of amides is 1. The van der Waals surface area contributed by atoms with E-state index < -0.39 is 17.8 Å². The van der Waals surface area contributed by atoms with Crippen molar-refractivity contribution < 1.29 is 14.7 Å². The van der Waals surface area contributed by atoms with Crippen LogP contribution >= 0.6 is 11.3 Å². The second-order valence-electron chi connectivity index (χ2n) is 7.12. The van der Waals surface area contributed by atoms with Crippen LogP contribution in [0, 0.1) is 23.7 Å². The van der Waals surface area contributed by atoms with Crippen LogP contribution in [0.5, 0.6) is 0 Å². The number of aliphatic carboxylic acids is 1. The van der Waals surface area contributed by atoms with Gasteiger partial charge in [0.2, 0.25) is 5.91 Å². The lowest BCUT2D eigenvalue weighted by atomic mass is 9.82. The van der Waals surface area contributed by atoms with Gasteiger partial charge in [0.1, 0.15) is 0 Å². The van der Waals surface area contributed by atoms with E-state index in [0.29, 0.717) is 5.13 Å². The molecule has 2 N–H and O–H groups in total. The lowest BCUT2D eigenvalue weighted by Gasteiger charge is -2.23. The number of carbonyl (C=O) groups is 2. The maximum Gasteiger partial charge on any atom is 0.307 e. The van der Waals surface area contributed by atoms with Crippen molar-refractivity contribution >= 4 is 28.3 Å². The highest BCUT2D eigenvalue weighted by Gasteiger charge is 2.51. The molecule has 1 heterocycles. The summed E-state index contributed by atoms with van der Waals surface area (Å²) in [5.74, 6) is -2.19. The summed E-state index contributed by atoms with van der Waals surface area (Å²) in [7, 11) is 0. The van der Waals surface area contributed by atoms with Crippen molar-refractivity contribution in [1.29, 1.82) is 0 Å². The SMILES string of the molecule is CC(C)(C)c1csc(NC(=O)[C@H]2[C@@H](C(=O)O)[C@H]3C=C[C@H]2C3)n1. The second kappa shape index (κ2) is 5.19. The molecule has 1 fully saturated rings. The van der Waals surface area contributed by atoms with Crippen LogP contribution < -0.4 is 5.32 Å². The molecule has 5 nitrogen and oxygen atoms in total. The predicted octanol–water partition coefficient (Wildman–Crippen LogP) is 2.90. The average Bonchev–Trinajstić information content (AvgIpc) is 3.11. The normalized spacial score (nSPS) is 29.8. The van der Waals surface area contributed by atoms with Crippen molar-refractivity contribution in [2.45, 2.75) is 32.6 Å². The van der Waals surface area contributed by atoms with Crippen molar-refractivity contribution in [3.8, 4) is 0 Å². The Hall–Kier alpha value is -1.69. The van der Waals surface area contributed by atoms with E-state index in [4.69, 9.17) is 0 Å². The standard InChI is InChI=1S/C16H20N2O3S/c1-16(2,3)10-7-22-15(17-10)18-13(19)11-8-4-5-9(6-8)12(11)14(20)21/h4-5,7-9,11-12H,6H2,1-3H3,(H,20,21)(H,17,18,19)/t8-,9-,11+,12-/m0/s1. The van der Waals surface area contributed by atoms with Gasteiger partial charge < -0.3 is 10.4 Å². The maximum absolute atomic E-state index is 12.5. The van der Waals surface area contributed by atoms with Crippen molar-refractivity contribution in [3.63, 3.8) is 0 Å². The fourth-order valence-electron chi connectivity index (χ4n) is 3.38. The van der Waals surface area contributed by atoms with Gasteiger partial charge in [0.25, 0.3) is 0 Å². The van der Waals surface area contributed by atoms with Gasteiger partial charge in [-0.2, -0.15) is 0 Å². The van der Waals surface area contributed by atoms with Crippen molar-refractivity contribution in [3.05, 3.63) is 23.2 Å². The molecule has 22 heavy (non-hydrogen) atoms. The van der Waals surface area contributed by atoms with Gasteiger partial charge in [0.15, 0.2) is 5.13 Å². The summed E-state index contributed by atoms with van der Waals surface area (Å²) < 4.78 is 0. The molecule has 118 valence electrons. The zero-order valence-electron chi connectivity index (χ0n) is 12.9. The topological polar surface area (TPSA) is 79.3 Å². The number of allylic oxidation sites excluding steroid dienone is 2. The molecule has 1 saturated carbocycles. The van der Waals surface area contributed by atoms with Crippen LogP contribution in [0.2, 0.25) is 0 Å². The molecular formula is C16H20N2O3S. The number of nitrogens with zero attached hydrogens (tertiary/aromatic N) is 1. The molecule has 2 aliphatic rings. The van der Waals surface area contributed by atoms with Crippen molar-refractivity contribution in [2.75, 3.05) is 5.32 Å². The molecule has 1 aromatic heterocycles. The third-order valence-electron chi connectivity index (χ3n) is 4.55. The van der Waals surface area contributed by atoms with E-state index in [2.05, 4.69) is 31.1 Å². The molecule has 0 unspecified atom stereocenters. The number of fused-ring (bicyclic) bond motifs is 2. The molecule has 0 spiro atoms. The lowest BCUT2D eigenvalue weighted by Crippen LogP contribution is -2.36. The number of carboxylic acids is 1. The van der Waals surface area contributed by atoms with E-state index in [0.717, 1.165) is 12.1 Å². The van der Waals surface area contributed by atoms with Gasteiger partial charge >= 0.3 is 5.97 Å². The van der Waals surface area contributed by atoms with Crippen molar-refractivity contribution in [1.82, 2.24) is 4.98 Å². The van der Waals surface area contributed by atoms with E-state index in [1.807, 2.05) is 17.5 Å². The van der Waals surface area contributed by atoms with Crippen LogP contribution in [0.15, 0.2) is 17.5 Å². The zero-order valence-corrected chi connectivity index (χ0v) is 13.7. The number of carbonyl (C=O) groups excluding carboxylic acids is 1. The number of thiazole rings is 1. The summed E-state index contributed by atoms with van der Waals surface area (Å²) in [6.45, 7) is 6.19. The van der Waals surface area contributed by atoms with E-state index >= 15 is 0 Å². The van der Waals surface area contributed by atoms with Crippen LogP contribution in [-0.2, 0) is 15.0 Å². The summed E-state index contributed by atoms with van der Waals surface area (Å²) in [4.78, 5) is 28.5. The Morgan fingerprint density at radius 3 is 2.45 bits per heavy atom. The number of nitrogens with one attached hydrogen (secondary N) is 1. The fourth-order valence-corrected chi connectivity index (χ4v) is 4.32. The lowest BCUT2D eigenvalue weighted by molar-refractivity contribution is -0.146. The second-order valence-corrected chi connectivity index (χ2v) is 7.97. The monoisotopic (exact) mass is 320 g/mol. The largest absolute Gasteiger partial charge is 0.481 e. The number of hydrogen-bond donors (Lipinski definition) is 2. The maximum atomic E-state index is 12.5. The number of aromatic nitrogens is 1. The molecule has 0 aromatic carbocycles. The summed E-state index contributed by atoms with van der Waals surface area (Å²) in [5.41, 5.74) is 0.855. The van der Waals surface area contributed by atoms with Gasteiger partial charge in [-0.25, -0.2) is 4.98 Å². The molecular weight excluding hydrogens is 300 g/mol. The molecule has 0 radical (unpaired) electrons. The van der Waals surface area contributed by atoms with Gasteiger partial charge in [0, 0.05) is 10.8 Å². The fraction of sp³-hybridized carbons (Fsp3) is 0.562. The van der Waals surface area contributed by atoms with E-state index in [1.165, 1.54) is 11.3 Å². The van der Waals surface area contributed by atoms with Gasteiger partial charge in [-0.1, -0.05) is 32.9 Å². The highest BCUT2D eigenvalue weighted by Crippen LogP contribution is 2.48. The van der Waals surface area contributed by atoms with E-state index in [1.54, 1.807) is 0 Å². The Balaban J connectivity index is 1.76. The number of carboxylic acid groups (broad SMARTS) is 1. The van der Waals surface area contributed by atoms with Gasteiger partial charge in [0.05, 0.1) is 17.5 Å². The van der Waals surface area contributed by atoms with Crippen LogP contribution in [0.3, 0.4) is 0 Å². The Labute approximate surface area is 133 Å². The first-order chi connectivity index (χ1) is 10.3. The van der Waals surface area contributed by atoms with E-state index in [-0.39, 0.29) is 23.2 Å². The summed E-state index contributed by atoms with van der Waals surface area (Å²) in [6.07, 6.45) is 4.69. The molecule has 1 amide bonds. The van der Waals surface area contributed by atoms with Gasteiger partial charge in [-0.3, -0.25) is 9.59 Å². The molecule has 2 bridgehead atoms. The quantitative estimate of drug-likeness (QED) is 0.839. The minimum Gasteiger partial charge on any atom is -0.481 e. The molecule has 3 rings (SSSR count).